The van der Waals surface area contributed by atoms with Gasteiger partial charge in [0.1, 0.15) is 6.04 Å². The maximum atomic E-state index is 13.1. The molecule has 194 valence electrons. The molecule has 2 aromatic carbocycles. The number of pyridine rings is 1. The number of aromatic nitrogens is 1. The number of nitrogens with zero attached hydrogens (tertiary/aromatic N) is 1. The van der Waals surface area contributed by atoms with Crippen molar-refractivity contribution in [3.05, 3.63) is 89.7 Å². The van der Waals surface area contributed by atoms with Gasteiger partial charge >= 0.3 is 5.97 Å². The van der Waals surface area contributed by atoms with Crippen molar-refractivity contribution in [1.29, 1.82) is 0 Å². The molecule has 1 aromatic heterocycles. The van der Waals surface area contributed by atoms with E-state index < -0.39 is 23.8 Å². The minimum absolute atomic E-state index is 0.0867. The van der Waals surface area contributed by atoms with Crippen LogP contribution in [-0.4, -0.2) is 42.0 Å². The predicted octanol–water partition coefficient (Wildman–Crippen LogP) is 4.11. The minimum atomic E-state index is -0.885. The Kier molecular flexibility index (Phi) is 9.38. The molecule has 3 rings (SSSR count). The van der Waals surface area contributed by atoms with Gasteiger partial charge in [0.25, 0.3) is 5.91 Å². The molecule has 37 heavy (non-hydrogen) atoms. The van der Waals surface area contributed by atoms with Crippen LogP contribution in [0.15, 0.2) is 72.9 Å². The summed E-state index contributed by atoms with van der Waals surface area (Å²) in [6, 6.07) is 20.2. The highest BCUT2D eigenvalue weighted by molar-refractivity contribution is 5.99. The Hall–Kier alpha value is -4.20. The first-order chi connectivity index (χ1) is 17.7. The van der Waals surface area contributed by atoms with Crippen LogP contribution >= 0.6 is 0 Å². The summed E-state index contributed by atoms with van der Waals surface area (Å²) < 4.78 is 10.7. The second-order valence-electron chi connectivity index (χ2n) is 9.06. The third kappa shape index (κ3) is 6.94. The van der Waals surface area contributed by atoms with Crippen LogP contribution in [-0.2, 0) is 9.59 Å². The molecule has 0 radical (unpaired) electrons. The van der Waals surface area contributed by atoms with Crippen LogP contribution < -0.4 is 20.1 Å². The summed E-state index contributed by atoms with van der Waals surface area (Å²) in [5.41, 5.74) is 1.98. The van der Waals surface area contributed by atoms with E-state index in [0.29, 0.717) is 0 Å². The van der Waals surface area contributed by atoms with Crippen molar-refractivity contribution in [2.75, 3.05) is 7.11 Å². The molecule has 2 amide bonds. The molecule has 0 bridgehead atoms. The molecule has 2 N–H and O–H groups in total. The van der Waals surface area contributed by atoms with Crippen LogP contribution in [0.4, 0.5) is 0 Å². The average Bonchev–Trinajstić information content (AvgIpc) is 2.89. The monoisotopic (exact) mass is 503 g/mol. The number of carbonyl (C=O) groups is 3. The second-order valence-corrected chi connectivity index (χ2v) is 9.06. The first-order valence-corrected chi connectivity index (χ1v) is 12.2. The summed E-state index contributed by atoms with van der Waals surface area (Å²) in [4.78, 5) is 42.5. The zero-order valence-electron chi connectivity index (χ0n) is 21.7. The molecule has 1 heterocycles. The minimum Gasteiger partial charge on any atom is -0.493 e. The third-order valence-corrected chi connectivity index (χ3v) is 5.91. The van der Waals surface area contributed by atoms with Crippen LogP contribution in [0.5, 0.6) is 11.5 Å². The summed E-state index contributed by atoms with van der Waals surface area (Å²) in [7, 11) is 1.40. The van der Waals surface area contributed by atoms with E-state index in [0.717, 1.165) is 11.1 Å². The molecule has 0 saturated heterocycles. The fourth-order valence-electron chi connectivity index (χ4n) is 3.92. The average molecular weight is 504 g/mol. The number of hydrogen-bond acceptors (Lipinski definition) is 6. The van der Waals surface area contributed by atoms with Crippen molar-refractivity contribution in [3.8, 4) is 11.5 Å². The van der Waals surface area contributed by atoms with Gasteiger partial charge in [-0.2, -0.15) is 0 Å². The molecule has 3 aromatic rings. The van der Waals surface area contributed by atoms with Gasteiger partial charge in [-0.15, -0.1) is 0 Å². The summed E-state index contributed by atoms with van der Waals surface area (Å²) in [5.74, 6) is -1.97. The van der Waals surface area contributed by atoms with Gasteiger partial charge in [0.15, 0.2) is 11.4 Å². The highest BCUT2D eigenvalue weighted by atomic mass is 16.6. The lowest BCUT2D eigenvalue weighted by Gasteiger charge is -2.27. The SMILES string of the molecule is COc1ccnc(C(=O)N[C@@H](C)C(=O)N[C@@H](C)C(c2ccccc2)c2ccccc2)c1OC(=O)C(C)C. The van der Waals surface area contributed by atoms with E-state index in [1.54, 1.807) is 20.8 Å². The number of methoxy groups -OCH3 is 1. The van der Waals surface area contributed by atoms with Gasteiger partial charge in [-0.25, -0.2) is 4.98 Å². The molecule has 8 heteroatoms. The van der Waals surface area contributed by atoms with Crippen molar-refractivity contribution in [3.63, 3.8) is 0 Å². The van der Waals surface area contributed by atoms with E-state index in [1.807, 2.05) is 67.6 Å². The van der Waals surface area contributed by atoms with Gasteiger partial charge in [-0.1, -0.05) is 74.5 Å². The number of ether oxygens (including phenoxy) is 2. The van der Waals surface area contributed by atoms with E-state index in [9.17, 15) is 14.4 Å². The number of esters is 1. The fraction of sp³-hybridized carbons (Fsp3) is 0.310. The number of benzene rings is 2. The van der Waals surface area contributed by atoms with E-state index in [4.69, 9.17) is 9.47 Å². The van der Waals surface area contributed by atoms with E-state index >= 15 is 0 Å². The number of amides is 2. The van der Waals surface area contributed by atoms with Crippen molar-refractivity contribution in [1.82, 2.24) is 15.6 Å². The van der Waals surface area contributed by atoms with Gasteiger partial charge < -0.3 is 20.1 Å². The van der Waals surface area contributed by atoms with E-state index in [1.165, 1.54) is 19.4 Å². The molecule has 8 nitrogen and oxygen atoms in total. The Labute approximate surface area is 217 Å². The zero-order chi connectivity index (χ0) is 26.9. The first-order valence-electron chi connectivity index (χ1n) is 12.2. The Bertz CT molecular complexity index is 1180. The molecule has 0 unspecified atom stereocenters. The number of nitrogens with one attached hydrogen (secondary N) is 2. The van der Waals surface area contributed by atoms with Crippen molar-refractivity contribution in [2.45, 2.75) is 45.7 Å². The first kappa shape index (κ1) is 27.4. The van der Waals surface area contributed by atoms with Crippen molar-refractivity contribution < 1.29 is 23.9 Å². The normalized spacial score (nSPS) is 12.5. The zero-order valence-corrected chi connectivity index (χ0v) is 21.7. The van der Waals surface area contributed by atoms with E-state index in [-0.39, 0.29) is 35.1 Å². The topological polar surface area (TPSA) is 107 Å². The van der Waals surface area contributed by atoms with Crippen LogP contribution in [0.1, 0.15) is 55.2 Å². The molecule has 0 saturated carbocycles. The number of carbonyl (C=O) groups excluding carboxylic acids is 3. The van der Waals surface area contributed by atoms with Gasteiger partial charge in [-0.05, 0) is 25.0 Å². The second kappa shape index (κ2) is 12.7. The van der Waals surface area contributed by atoms with Gasteiger partial charge in [-0.3, -0.25) is 14.4 Å². The lowest BCUT2D eigenvalue weighted by Crippen LogP contribution is -2.49. The molecule has 0 aliphatic rings. The highest BCUT2D eigenvalue weighted by Gasteiger charge is 2.28. The molecule has 0 aliphatic heterocycles. The lowest BCUT2D eigenvalue weighted by molar-refractivity contribution is -0.137. The summed E-state index contributed by atoms with van der Waals surface area (Å²) in [6.07, 6.45) is 1.37. The Morgan fingerprint density at radius 1 is 0.811 bits per heavy atom. The van der Waals surface area contributed by atoms with E-state index in [2.05, 4.69) is 15.6 Å². The number of hydrogen-bond donors (Lipinski definition) is 2. The van der Waals surface area contributed by atoms with Gasteiger partial charge in [0.2, 0.25) is 11.7 Å². The Balaban J connectivity index is 1.76. The van der Waals surface area contributed by atoms with Crippen molar-refractivity contribution in [2.24, 2.45) is 5.92 Å². The molecular formula is C29H33N3O5. The van der Waals surface area contributed by atoms with Crippen LogP contribution in [0, 0.1) is 5.92 Å². The molecule has 0 aliphatic carbocycles. The maximum absolute atomic E-state index is 13.1. The van der Waals surface area contributed by atoms with Crippen molar-refractivity contribution >= 4 is 17.8 Å². The largest absolute Gasteiger partial charge is 0.493 e. The Morgan fingerprint density at radius 3 is 1.89 bits per heavy atom. The summed E-state index contributed by atoms with van der Waals surface area (Å²) in [6.45, 7) is 6.87. The maximum Gasteiger partial charge on any atom is 0.313 e. The molecule has 2 atom stereocenters. The smallest absolute Gasteiger partial charge is 0.313 e. The molecule has 0 fully saturated rings. The molecule has 0 spiro atoms. The Morgan fingerprint density at radius 2 is 1.38 bits per heavy atom. The number of rotatable bonds is 10. The quantitative estimate of drug-likeness (QED) is 0.404. The van der Waals surface area contributed by atoms with Gasteiger partial charge in [0.05, 0.1) is 13.0 Å². The van der Waals surface area contributed by atoms with Crippen LogP contribution in [0.25, 0.3) is 0 Å². The van der Waals surface area contributed by atoms with Gasteiger partial charge in [0, 0.05) is 24.2 Å². The third-order valence-electron chi connectivity index (χ3n) is 5.91. The fourth-order valence-corrected chi connectivity index (χ4v) is 3.92. The highest BCUT2D eigenvalue weighted by Crippen LogP contribution is 2.31. The van der Waals surface area contributed by atoms with Crippen LogP contribution in [0.2, 0.25) is 0 Å². The molecular weight excluding hydrogens is 470 g/mol. The summed E-state index contributed by atoms with van der Waals surface area (Å²) in [5, 5.41) is 5.69. The van der Waals surface area contributed by atoms with Crippen LogP contribution in [0.3, 0.4) is 0 Å². The summed E-state index contributed by atoms with van der Waals surface area (Å²) >= 11 is 0. The standard InChI is InChI=1S/C29H33N3O5/c1-18(2)29(35)37-26-23(36-5)16-17-30-25(26)28(34)32-20(4)27(33)31-19(3)24(21-12-8-6-9-13-21)22-14-10-7-11-15-22/h6-20,24H,1-5H3,(H,31,33)(H,32,34)/t19-,20-/m0/s1. The predicted molar refractivity (Wildman–Crippen MR) is 141 cm³/mol. The lowest BCUT2D eigenvalue weighted by atomic mass is 9.85.